The SMILES string of the molecule is Cc1ccnc(N(Cc2ccsc2)C2CC2)c1C(N)=S. The number of thiocarbonyl (C=S) groups is 1. The minimum Gasteiger partial charge on any atom is -0.389 e. The standard InChI is InChI=1S/C15H17N3S2/c1-10-4-6-17-15(13(10)14(16)19)18(12-2-3-12)8-11-5-7-20-9-11/h4-7,9,12H,2-3,8H2,1H3,(H2,16,19). The van der Waals surface area contributed by atoms with Crippen LogP contribution >= 0.6 is 23.6 Å². The van der Waals surface area contributed by atoms with Crippen LogP contribution in [0.25, 0.3) is 0 Å². The van der Waals surface area contributed by atoms with E-state index in [-0.39, 0.29) is 0 Å². The number of pyridine rings is 1. The Morgan fingerprint density at radius 3 is 2.90 bits per heavy atom. The van der Waals surface area contributed by atoms with Gasteiger partial charge < -0.3 is 10.6 Å². The Kier molecular flexibility index (Phi) is 3.72. The van der Waals surface area contributed by atoms with Crippen molar-refractivity contribution >= 4 is 34.4 Å². The molecule has 0 unspecified atom stereocenters. The highest BCUT2D eigenvalue weighted by atomic mass is 32.1. The van der Waals surface area contributed by atoms with Crippen LogP contribution in [0.15, 0.2) is 29.1 Å². The first kappa shape index (κ1) is 13.5. The zero-order chi connectivity index (χ0) is 14.1. The molecule has 2 aromatic heterocycles. The molecule has 1 fully saturated rings. The number of nitrogens with two attached hydrogens (primary N) is 1. The van der Waals surface area contributed by atoms with E-state index >= 15 is 0 Å². The molecule has 0 aliphatic heterocycles. The van der Waals surface area contributed by atoms with Crippen molar-refractivity contribution in [2.45, 2.75) is 32.4 Å². The highest BCUT2D eigenvalue weighted by molar-refractivity contribution is 7.80. The third kappa shape index (κ3) is 2.69. The van der Waals surface area contributed by atoms with Gasteiger partial charge in [-0.25, -0.2) is 4.98 Å². The number of nitrogens with zero attached hydrogens (tertiary/aromatic N) is 2. The van der Waals surface area contributed by atoms with Crippen molar-refractivity contribution in [2.75, 3.05) is 4.90 Å². The second-order valence-corrected chi connectivity index (χ2v) is 6.40. The van der Waals surface area contributed by atoms with Crippen LogP contribution in [0.3, 0.4) is 0 Å². The predicted molar refractivity (Wildman–Crippen MR) is 88.4 cm³/mol. The van der Waals surface area contributed by atoms with Crippen molar-refractivity contribution in [3.63, 3.8) is 0 Å². The molecule has 0 atom stereocenters. The first-order valence-corrected chi connectivity index (χ1v) is 8.05. The van der Waals surface area contributed by atoms with E-state index in [2.05, 4.69) is 26.7 Å². The van der Waals surface area contributed by atoms with Crippen molar-refractivity contribution in [3.8, 4) is 0 Å². The molecule has 2 aromatic rings. The van der Waals surface area contributed by atoms with Crippen molar-refractivity contribution < 1.29 is 0 Å². The molecule has 1 aliphatic carbocycles. The first-order chi connectivity index (χ1) is 9.66. The lowest BCUT2D eigenvalue weighted by Gasteiger charge is -2.26. The molecule has 2 N–H and O–H groups in total. The van der Waals surface area contributed by atoms with Gasteiger partial charge in [0.1, 0.15) is 10.8 Å². The van der Waals surface area contributed by atoms with Gasteiger partial charge in [0.25, 0.3) is 0 Å². The van der Waals surface area contributed by atoms with E-state index in [4.69, 9.17) is 18.0 Å². The van der Waals surface area contributed by atoms with Crippen LogP contribution < -0.4 is 10.6 Å². The summed E-state index contributed by atoms with van der Waals surface area (Å²) in [5.74, 6) is 0.936. The number of hydrogen-bond donors (Lipinski definition) is 1. The summed E-state index contributed by atoms with van der Waals surface area (Å²) in [6.07, 6.45) is 4.28. The predicted octanol–water partition coefficient (Wildman–Crippen LogP) is 3.25. The van der Waals surface area contributed by atoms with E-state index in [1.54, 1.807) is 11.3 Å². The Hall–Kier alpha value is -1.46. The molecular weight excluding hydrogens is 286 g/mol. The molecule has 0 aromatic carbocycles. The Morgan fingerprint density at radius 1 is 1.50 bits per heavy atom. The molecule has 3 nitrogen and oxygen atoms in total. The monoisotopic (exact) mass is 303 g/mol. The Morgan fingerprint density at radius 2 is 2.30 bits per heavy atom. The fourth-order valence-electron chi connectivity index (χ4n) is 2.41. The Labute approximate surface area is 128 Å². The van der Waals surface area contributed by atoms with Crippen LogP contribution in [0, 0.1) is 6.92 Å². The summed E-state index contributed by atoms with van der Waals surface area (Å²) in [5, 5.41) is 4.30. The summed E-state index contributed by atoms with van der Waals surface area (Å²) in [4.78, 5) is 7.35. The normalized spacial score (nSPS) is 14.2. The van der Waals surface area contributed by atoms with Crippen LogP contribution in [-0.2, 0) is 6.54 Å². The van der Waals surface area contributed by atoms with Crippen molar-refractivity contribution in [3.05, 3.63) is 45.8 Å². The van der Waals surface area contributed by atoms with Gasteiger partial charge in [0.2, 0.25) is 0 Å². The van der Waals surface area contributed by atoms with Crippen LogP contribution in [0.4, 0.5) is 5.82 Å². The van der Waals surface area contributed by atoms with Gasteiger partial charge in [0, 0.05) is 18.8 Å². The molecule has 1 saturated carbocycles. The van der Waals surface area contributed by atoms with Gasteiger partial charge in [0.05, 0.1) is 5.56 Å². The summed E-state index contributed by atoms with van der Waals surface area (Å²) >= 11 is 6.95. The fraction of sp³-hybridized carbons (Fsp3) is 0.333. The quantitative estimate of drug-likeness (QED) is 0.861. The highest BCUT2D eigenvalue weighted by Crippen LogP contribution is 2.34. The van der Waals surface area contributed by atoms with E-state index in [0.717, 1.165) is 23.5 Å². The molecule has 2 heterocycles. The molecule has 104 valence electrons. The average Bonchev–Trinajstić information content (AvgIpc) is 3.12. The summed E-state index contributed by atoms with van der Waals surface area (Å²) in [6.45, 7) is 2.91. The number of aromatic nitrogens is 1. The molecular formula is C15H17N3S2. The minimum atomic E-state index is 0.432. The zero-order valence-electron chi connectivity index (χ0n) is 11.4. The van der Waals surface area contributed by atoms with Gasteiger partial charge in [-0.1, -0.05) is 12.2 Å². The maximum absolute atomic E-state index is 5.91. The van der Waals surface area contributed by atoms with Crippen LogP contribution in [0.5, 0.6) is 0 Å². The van der Waals surface area contributed by atoms with E-state index < -0.39 is 0 Å². The molecule has 0 saturated heterocycles. The summed E-state index contributed by atoms with van der Waals surface area (Å²) in [6, 6.07) is 4.70. The van der Waals surface area contributed by atoms with Crippen LogP contribution in [0.1, 0.15) is 29.5 Å². The van der Waals surface area contributed by atoms with E-state index in [1.165, 1.54) is 18.4 Å². The molecule has 20 heavy (non-hydrogen) atoms. The van der Waals surface area contributed by atoms with Crippen LogP contribution in [-0.4, -0.2) is 16.0 Å². The lowest BCUT2D eigenvalue weighted by molar-refractivity contribution is 0.778. The lowest BCUT2D eigenvalue weighted by Crippen LogP contribution is -2.29. The largest absolute Gasteiger partial charge is 0.389 e. The summed E-state index contributed by atoms with van der Waals surface area (Å²) < 4.78 is 0. The topological polar surface area (TPSA) is 42.2 Å². The third-order valence-electron chi connectivity index (χ3n) is 3.58. The van der Waals surface area contributed by atoms with Gasteiger partial charge >= 0.3 is 0 Å². The van der Waals surface area contributed by atoms with Crippen molar-refractivity contribution in [2.24, 2.45) is 5.73 Å². The fourth-order valence-corrected chi connectivity index (χ4v) is 3.32. The first-order valence-electron chi connectivity index (χ1n) is 6.70. The van der Waals surface area contributed by atoms with Gasteiger partial charge in [-0.15, -0.1) is 0 Å². The molecule has 0 bridgehead atoms. The van der Waals surface area contributed by atoms with E-state index in [0.29, 0.717) is 11.0 Å². The molecule has 5 heteroatoms. The lowest BCUT2D eigenvalue weighted by atomic mass is 10.1. The van der Waals surface area contributed by atoms with Gasteiger partial charge in [-0.3, -0.25) is 0 Å². The van der Waals surface area contributed by atoms with Crippen LogP contribution in [0.2, 0.25) is 0 Å². The second kappa shape index (κ2) is 5.50. The zero-order valence-corrected chi connectivity index (χ0v) is 13.0. The molecule has 0 amide bonds. The number of rotatable bonds is 5. The summed E-state index contributed by atoms with van der Waals surface area (Å²) in [7, 11) is 0. The van der Waals surface area contributed by atoms with Gasteiger partial charge in [0.15, 0.2) is 0 Å². The number of thiophene rings is 1. The molecule has 1 aliphatic rings. The number of anilines is 1. The van der Waals surface area contributed by atoms with Gasteiger partial charge in [-0.2, -0.15) is 11.3 Å². The molecule has 0 spiro atoms. The third-order valence-corrected chi connectivity index (χ3v) is 4.51. The number of hydrogen-bond acceptors (Lipinski definition) is 4. The highest BCUT2D eigenvalue weighted by Gasteiger charge is 2.32. The molecule has 0 radical (unpaired) electrons. The average molecular weight is 303 g/mol. The second-order valence-electron chi connectivity index (χ2n) is 5.18. The Balaban J connectivity index is 1.99. The summed E-state index contributed by atoms with van der Waals surface area (Å²) in [5.41, 5.74) is 9.25. The maximum Gasteiger partial charge on any atom is 0.139 e. The van der Waals surface area contributed by atoms with E-state index in [9.17, 15) is 0 Å². The van der Waals surface area contributed by atoms with Crippen molar-refractivity contribution in [1.82, 2.24) is 4.98 Å². The number of aryl methyl sites for hydroxylation is 1. The van der Waals surface area contributed by atoms with E-state index in [1.807, 2.05) is 19.2 Å². The Bertz CT molecular complexity index is 618. The smallest absolute Gasteiger partial charge is 0.139 e. The maximum atomic E-state index is 5.91. The minimum absolute atomic E-state index is 0.432. The van der Waals surface area contributed by atoms with Gasteiger partial charge in [-0.05, 0) is 53.8 Å². The molecule has 3 rings (SSSR count). The van der Waals surface area contributed by atoms with Crippen molar-refractivity contribution in [1.29, 1.82) is 0 Å².